The molecule has 0 aromatic carbocycles. The summed E-state index contributed by atoms with van der Waals surface area (Å²) < 4.78 is 1.31. The Morgan fingerprint density at radius 2 is 2.30 bits per heavy atom. The highest BCUT2D eigenvalue weighted by Gasteiger charge is 2.11. The van der Waals surface area contributed by atoms with Gasteiger partial charge in [0, 0.05) is 6.20 Å². The first kappa shape index (κ1) is 14.7. The summed E-state index contributed by atoms with van der Waals surface area (Å²) in [5.41, 5.74) is 0.389. The molecule has 2 N–H and O–H groups in total. The van der Waals surface area contributed by atoms with Gasteiger partial charge in [-0.05, 0) is 13.0 Å². The number of hydrogen-bond donors (Lipinski definition) is 2. The van der Waals surface area contributed by atoms with Gasteiger partial charge in [-0.3, -0.25) is 4.79 Å². The minimum absolute atomic E-state index is 0.0691. The number of halogens is 2. The van der Waals surface area contributed by atoms with Crippen LogP contribution >= 0.6 is 23.2 Å². The molecule has 0 radical (unpaired) electrons. The fourth-order valence-electron chi connectivity index (χ4n) is 1.41. The van der Waals surface area contributed by atoms with E-state index in [4.69, 9.17) is 23.2 Å². The van der Waals surface area contributed by atoms with Crippen LogP contribution in [0.5, 0.6) is 0 Å². The number of anilines is 1. The second-order valence-electron chi connectivity index (χ2n) is 4.05. The molecule has 0 spiro atoms. The zero-order valence-corrected chi connectivity index (χ0v) is 11.9. The zero-order chi connectivity index (χ0) is 14.7. The van der Waals surface area contributed by atoms with Crippen molar-refractivity contribution in [2.45, 2.75) is 19.6 Å². The van der Waals surface area contributed by atoms with Crippen molar-refractivity contribution in [2.75, 3.05) is 5.32 Å². The van der Waals surface area contributed by atoms with E-state index in [0.717, 1.165) is 0 Å². The second kappa shape index (κ2) is 6.17. The number of carbonyl (C=O) groups is 1. The van der Waals surface area contributed by atoms with Crippen molar-refractivity contribution in [1.82, 2.24) is 20.0 Å². The monoisotopic (exact) mass is 315 g/mol. The van der Waals surface area contributed by atoms with Gasteiger partial charge in [-0.15, -0.1) is 5.10 Å². The first-order valence-corrected chi connectivity index (χ1v) is 6.40. The molecule has 0 aliphatic carbocycles. The van der Waals surface area contributed by atoms with Gasteiger partial charge in [-0.2, -0.15) is 0 Å². The van der Waals surface area contributed by atoms with Gasteiger partial charge in [0.2, 0.25) is 5.91 Å². The lowest BCUT2D eigenvalue weighted by Crippen LogP contribution is -2.20. The lowest BCUT2D eigenvalue weighted by Gasteiger charge is -2.06. The molecule has 1 atom stereocenters. The van der Waals surface area contributed by atoms with Crippen LogP contribution in [0.3, 0.4) is 0 Å². The summed E-state index contributed by atoms with van der Waals surface area (Å²) in [4.78, 5) is 15.7. The van der Waals surface area contributed by atoms with Gasteiger partial charge in [-0.25, -0.2) is 9.67 Å². The molecule has 1 amide bonds. The number of aliphatic hydroxyl groups excluding tert-OH is 1. The molecule has 2 rings (SSSR count). The van der Waals surface area contributed by atoms with Crippen LogP contribution in [0.15, 0.2) is 18.5 Å². The van der Waals surface area contributed by atoms with Gasteiger partial charge < -0.3 is 10.4 Å². The number of rotatable bonds is 4. The third-order valence-corrected chi connectivity index (χ3v) is 2.85. The summed E-state index contributed by atoms with van der Waals surface area (Å²) in [6.45, 7) is 1.49. The van der Waals surface area contributed by atoms with Crippen LogP contribution in [0.4, 0.5) is 5.82 Å². The van der Waals surface area contributed by atoms with E-state index in [-0.39, 0.29) is 23.3 Å². The van der Waals surface area contributed by atoms with Crippen LogP contribution in [0.2, 0.25) is 10.0 Å². The summed E-state index contributed by atoms with van der Waals surface area (Å²) >= 11 is 11.6. The minimum atomic E-state index is -0.737. The van der Waals surface area contributed by atoms with Gasteiger partial charge >= 0.3 is 0 Å². The summed E-state index contributed by atoms with van der Waals surface area (Å²) in [5.74, 6) is -0.152. The second-order valence-corrected chi connectivity index (χ2v) is 4.89. The van der Waals surface area contributed by atoms with Gasteiger partial charge in [-0.1, -0.05) is 28.4 Å². The lowest BCUT2D eigenvalue weighted by atomic mass is 10.3. The Morgan fingerprint density at radius 3 is 2.90 bits per heavy atom. The Morgan fingerprint density at radius 1 is 1.55 bits per heavy atom. The molecule has 0 saturated heterocycles. The number of nitrogens with zero attached hydrogens (tertiary/aromatic N) is 4. The van der Waals surface area contributed by atoms with E-state index in [1.807, 2.05) is 0 Å². The molecule has 9 heteroatoms. The Kier molecular flexibility index (Phi) is 4.53. The molecule has 1 unspecified atom stereocenters. The van der Waals surface area contributed by atoms with E-state index >= 15 is 0 Å². The molecular formula is C11H11Cl2N5O2. The average molecular weight is 316 g/mol. The topological polar surface area (TPSA) is 92.9 Å². The number of carbonyl (C=O) groups excluding carboxylic acids is 1. The Hall–Kier alpha value is -1.70. The highest BCUT2D eigenvalue weighted by Crippen LogP contribution is 2.22. The Labute approximate surface area is 124 Å². The van der Waals surface area contributed by atoms with Crippen LogP contribution in [0, 0.1) is 0 Å². The van der Waals surface area contributed by atoms with Crippen LogP contribution in [-0.4, -0.2) is 31.0 Å². The first-order valence-electron chi connectivity index (χ1n) is 5.64. The number of aliphatic hydroxyl groups is 1. The van der Waals surface area contributed by atoms with Crippen molar-refractivity contribution < 1.29 is 9.90 Å². The van der Waals surface area contributed by atoms with E-state index < -0.39 is 6.10 Å². The fraction of sp³-hybridized carbons (Fsp3) is 0.273. The highest BCUT2D eigenvalue weighted by molar-refractivity contribution is 6.36. The molecular weight excluding hydrogens is 305 g/mol. The molecule has 2 heterocycles. The number of nitrogens with one attached hydrogen (secondary N) is 1. The maximum Gasteiger partial charge on any atom is 0.247 e. The summed E-state index contributed by atoms with van der Waals surface area (Å²) in [6.07, 6.45) is 2.13. The van der Waals surface area contributed by atoms with E-state index in [1.54, 1.807) is 6.92 Å². The number of pyridine rings is 1. The highest BCUT2D eigenvalue weighted by atomic mass is 35.5. The molecule has 2 aromatic rings. The minimum Gasteiger partial charge on any atom is -0.387 e. The average Bonchev–Trinajstić information content (AvgIpc) is 2.81. The molecule has 0 bridgehead atoms. The first-order chi connectivity index (χ1) is 9.45. The third kappa shape index (κ3) is 3.66. The molecule has 0 aliphatic rings. The van der Waals surface area contributed by atoms with Crippen LogP contribution in [-0.2, 0) is 11.3 Å². The van der Waals surface area contributed by atoms with Crippen LogP contribution < -0.4 is 5.32 Å². The number of aromatic nitrogens is 4. The third-order valence-electron chi connectivity index (χ3n) is 2.36. The molecule has 0 aliphatic heterocycles. The zero-order valence-electron chi connectivity index (χ0n) is 10.4. The summed E-state index contributed by atoms with van der Waals surface area (Å²) in [6, 6.07) is 1.48. The quantitative estimate of drug-likeness (QED) is 0.895. The van der Waals surface area contributed by atoms with Crippen molar-refractivity contribution in [3.05, 3.63) is 34.2 Å². The molecule has 20 heavy (non-hydrogen) atoms. The summed E-state index contributed by atoms with van der Waals surface area (Å²) in [5, 5.41) is 19.9. The predicted octanol–water partition coefficient (Wildman–Crippen LogP) is 1.67. The SMILES string of the molecule is CC(O)c1cn(CC(=O)Nc2ncc(Cl)cc2Cl)nn1. The van der Waals surface area contributed by atoms with Gasteiger partial charge in [0.05, 0.1) is 22.3 Å². The van der Waals surface area contributed by atoms with Crippen molar-refractivity contribution in [2.24, 2.45) is 0 Å². The van der Waals surface area contributed by atoms with Gasteiger partial charge in [0.15, 0.2) is 5.82 Å². The van der Waals surface area contributed by atoms with Crippen molar-refractivity contribution in [1.29, 1.82) is 0 Å². The number of amides is 1. The van der Waals surface area contributed by atoms with Crippen molar-refractivity contribution in [3.8, 4) is 0 Å². The molecule has 7 nitrogen and oxygen atoms in total. The van der Waals surface area contributed by atoms with Crippen molar-refractivity contribution >= 4 is 34.9 Å². The van der Waals surface area contributed by atoms with Crippen LogP contribution in [0.1, 0.15) is 18.7 Å². The maximum atomic E-state index is 11.8. The van der Waals surface area contributed by atoms with Crippen molar-refractivity contribution in [3.63, 3.8) is 0 Å². The van der Waals surface area contributed by atoms with E-state index in [9.17, 15) is 9.90 Å². The maximum absolute atomic E-state index is 11.8. The molecule has 2 aromatic heterocycles. The largest absolute Gasteiger partial charge is 0.387 e. The Bertz CT molecular complexity index is 629. The summed E-state index contributed by atoms with van der Waals surface area (Å²) in [7, 11) is 0. The van der Waals surface area contributed by atoms with Gasteiger partial charge in [0.1, 0.15) is 12.2 Å². The van der Waals surface area contributed by atoms with Gasteiger partial charge in [0.25, 0.3) is 0 Å². The van der Waals surface area contributed by atoms with Crippen LogP contribution in [0.25, 0.3) is 0 Å². The smallest absolute Gasteiger partial charge is 0.247 e. The molecule has 0 fully saturated rings. The standard InChI is InChI=1S/C11H11Cl2N5O2/c1-6(19)9-4-18(17-16-9)5-10(20)15-11-8(13)2-7(12)3-14-11/h2-4,6,19H,5H2,1H3,(H,14,15,20). The van der Waals surface area contributed by atoms with E-state index in [2.05, 4.69) is 20.6 Å². The predicted molar refractivity (Wildman–Crippen MR) is 73.5 cm³/mol. The Balaban J connectivity index is 2.01. The lowest BCUT2D eigenvalue weighted by molar-refractivity contribution is -0.116. The molecule has 0 saturated carbocycles. The van der Waals surface area contributed by atoms with E-state index in [0.29, 0.717) is 10.7 Å². The van der Waals surface area contributed by atoms with E-state index in [1.165, 1.54) is 23.1 Å². The number of hydrogen-bond acceptors (Lipinski definition) is 5. The fourth-order valence-corrected chi connectivity index (χ4v) is 1.83. The molecule has 106 valence electrons. The normalized spacial score (nSPS) is 12.2.